The van der Waals surface area contributed by atoms with Gasteiger partial charge in [0.15, 0.2) is 0 Å². The molecule has 3 rings (SSSR count). The first-order valence-corrected chi connectivity index (χ1v) is 7.86. The number of carbonyl (C=O) groups excluding carboxylic acids is 1. The number of nitrogens with one attached hydrogen (secondary N) is 2. The molecule has 0 radical (unpaired) electrons. The van der Waals surface area contributed by atoms with Gasteiger partial charge < -0.3 is 10.6 Å². The van der Waals surface area contributed by atoms with Crippen molar-refractivity contribution in [2.75, 3.05) is 5.32 Å². The standard InChI is InChI=1S/C16H14BrClN2O/c17-13-6-5-12(8-14(13)18)20-16(21)15-7-10-3-1-2-4-11(10)9-19-15/h1-6,8,15,19H,7,9H2,(H,20,21)/t15-/m1/s1. The Kier molecular flexibility index (Phi) is 4.29. The van der Waals surface area contributed by atoms with Crippen LogP contribution in [0, 0.1) is 0 Å². The summed E-state index contributed by atoms with van der Waals surface area (Å²) < 4.78 is 0.812. The topological polar surface area (TPSA) is 41.1 Å². The molecule has 1 amide bonds. The minimum atomic E-state index is -0.220. The number of hydrogen-bond donors (Lipinski definition) is 2. The van der Waals surface area contributed by atoms with Gasteiger partial charge in [-0.1, -0.05) is 35.9 Å². The first kappa shape index (κ1) is 14.6. The molecule has 108 valence electrons. The molecule has 2 N–H and O–H groups in total. The number of rotatable bonds is 2. The first-order chi connectivity index (χ1) is 10.1. The lowest BCUT2D eigenvalue weighted by Crippen LogP contribution is -2.44. The summed E-state index contributed by atoms with van der Waals surface area (Å²) in [5.41, 5.74) is 3.19. The molecule has 1 heterocycles. The van der Waals surface area contributed by atoms with Gasteiger partial charge in [-0.05, 0) is 51.7 Å². The molecule has 0 spiro atoms. The van der Waals surface area contributed by atoms with Crippen molar-refractivity contribution in [1.29, 1.82) is 0 Å². The molecule has 2 aromatic rings. The Morgan fingerprint density at radius 2 is 2.00 bits per heavy atom. The van der Waals surface area contributed by atoms with Gasteiger partial charge >= 0.3 is 0 Å². The van der Waals surface area contributed by atoms with E-state index < -0.39 is 0 Å². The summed E-state index contributed by atoms with van der Waals surface area (Å²) in [4.78, 5) is 12.3. The molecule has 0 saturated carbocycles. The highest BCUT2D eigenvalue weighted by atomic mass is 79.9. The second-order valence-corrected chi connectivity index (χ2v) is 6.29. The highest BCUT2D eigenvalue weighted by molar-refractivity contribution is 9.10. The van der Waals surface area contributed by atoms with Crippen molar-refractivity contribution in [2.24, 2.45) is 0 Å². The lowest BCUT2D eigenvalue weighted by Gasteiger charge is -2.25. The molecule has 2 aromatic carbocycles. The largest absolute Gasteiger partial charge is 0.325 e. The highest BCUT2D eigenvalue weighted by Gasteiger charge is 2.23. The fourth-order valence-electron chi connectivity index (χ4n) is 2.44. The number of hydrogen-bond acceptors (Lipinski definition) is 2. The van der Waals surface area contributed by atoms with E-state index in [0.29, 0.717) is 17.1 Å². The van der Waals surface area contributed by atoms with Gasteiger partial charge in [0.1, 0.15) is 0 Å². The minimum Gasteiger partial charge on any atom is -0.325 e. The molecular formula is C16H14BrClN2O. The Hall–Kier alpha value is -1.36. The monoisotopic (exact) mass is 364 g/mol. The Bertz CT molecular complexity index is 690. The predicted molar refractivity (Wildman–Crippen MR) is 88.6 cm³/mol. The van der Waals surface area contributed by atoms with Crippen molar-refractivity contribution in [1.82, 2.24) is 5.32 Å². The molecule has 1 aliphatic rings. The Morgan fingerprint density at radius 3 is 2.76 bits per heavy atom. The van der Waals surface area contributed by atoms with Crippen molar-refractivity contribution < 1.29 is 4.79 Å². The highest BCUT2D eigenvalue weighted by Crippen LogP contribution is 2.26. The summed E-state index contributed by atoms with van der Waals surface area (Å²) >= 11 is 9.37. The second-order valence-electron chi connectivity index (χ2n) is 5.02. The van der Waals surface area contributed by atoms with E-state index in [2.05, 4.69) is 38.7 Å². The SMILES string of the molecule is O=C(Nc1ccc(Br)c(Cl)c1)[C@H]1Cc2ccccc2CN1. The number of benzene rings is 2. The molecule has 0 aliphatic carbocycles. The van der Waals surface area contributed by atoms with Crippen LogP contribution in [0.3, 0.4) is 0 Å². The zero-order chi connectivity index (χ0) is 14.8. The van der Waals surface area contributed by atoms with Gasteiger partial charge in [-0.15, -0.1) is 0 Å². The summed E-state index contributed by atoms with van der Waals surface area (Å²) in [6, 6.07) is 13.4. The van der Waals surface area contributed by atoms with E-state index in [9.17, 15) is 4.79 Å². The van der Waals surface area contributed by atoms with E-state index >= 15 is 0 Å². The van der Waals surface area contributed by atoms with Crippen LogP contribution in [0.4, 0.5) is 5.69 Å². The number of carbonyl (C=O) groups is 1. The molecule has 1 aliphatic heterocycles. The molecule has 21 heavy (non-hydrogen) atoms. The number of halogens is 2. The molecule has 5 heteroatoms. The summed E-state index contributed by atoms with van der Waals surface area (Å²) in [5.74, 6) is -0.0390. The van der Waals surface area contributed by atoms with Crippen molar-refractivity contribution in [3.05, 3.63) is 63.1 Å². The molecule has 0 saturated heterocycles. The fourth-order valence-corrected chi connectivity index (χ4v) is 2.87. The smallest absolute Gasteiger partial charge is 0.241 e. The second kappa shape index (κ2) is 6.18. The maximum atomic E-state index is 12.3. The third-order valence-electron chi connectivity index (χ3n) is 3.58. The van der Waals surface area contributed by atoms with Crippen LogP contribution in [0.2, 0.25) is 5.02 Å². The van der Waals surface area contributed by atoms with Gasteiger partial charge in [-0.25, -0.2) is 0 Å². The van der Waals surface area contributed by atoms with Crippen molar-refractivity contribution in [2.45, 2.75) is 19.0 Å². The van der Waals surface area contributed by atoms with Crippen LogP contribution in [0.1, 0.15) is 11.1 Å². The van der Waals surface area contributed by atoms with Crippen molar-refractivity contribution >= 4 is 39.1 Å². The Labute approximate surface area is 136 Å². The van der Waals surface area contributed by atoms with E-state index in [1.807, 2.05) is 24.3 Å². The molecule has 1 atom stereocenters. The molecular weight excluding hydrogens is 352 g/mol. The van der Waals surface area contributed by atoms with E-state index in [1.165, 1.54) is 11.1 Å². The first-order valence-electron chi connectivity index (χ1n) is 6.69. The third kappa shape index (κ3) is 3.28. The third-order valence-corrected chi connectivity index (χ3v) is 4.82. The average molecular weight is 366 g/mol. The molecule has 3 nitrogen and oxygen atoms in total. The van der Waals surface area contributed by atoms with Crippen molar-refractivity contribution in [3.63, 3.8) is 0 Å². The molecule has 0 aromatic heterocycles. The maximum Gasteiger partial charge on any atom is 0.241 e. The van der Waals surface area contributed by atoms with Gasteiger partial charge in [0.25, 0.3) is 0 Å². The van der Waals surface area contributed by atoms with E-state index in [-0.39, 0.29) is 11.9 Å². The average Bonchev–Trinajstić information content (AvgIpc) is 2.50. The van der Waals surface area contributed by atoms with Crippen LogP contribution in [0.15, 0.2) is 46.9 Å². The van der Waals surface area contributed by atoms with Gasteiger partial charge in [0, 0.05) is 16.7 Å². The lowest BCUT2D eigenvalue weighted by molar-refractivity contribution is -0.118. The Morgan fingerprint density at radius 1 is 1.24 bits per heavy atom. The molecule has 0 unspecified atom stereocenters. The van der Waals surface area contributed by atoms with Crippen LogP contribution < -0.4 is 10.6 Å². The quantitative estimate of drug-likeness (QED) is 0.851. The van der Waals surface area contributed by atoms with E-state index in [4.69, 9.17) is 11.6 Å². The summed E-state index contributed by atoms with van der Waals surface area (Å²) in [6.07, 6.45) is 0.701. The zero-order valence-corrected chi connectivity index (χ0v) is 13.5. The minimum absolute atomic E-state index is 0.0390. The lowest BCUT2D eigenvalue weighted by atomic mass is 9.95. The number of amides is 1. The van der Waals surface area contributed by atoms with Gasteiger partial charge in [0.2, 0.25) is 5.91 Å². The van der Waals surface area contributed by atoms with E-state index in [0.717, 1.165) is 11.0 Å². The van der Waals surface area contributed by atoms with Crippen LogP contribution in [0.5, 0.6) is 0 Å². The van der Waals surface area contributed by atoms with Gasteiger partial charge in [0.05, 0.1) is 11.1 Å². The maximum absolute atomic E-state index is 12.3. The van der Waals surface area contributed by atoms with Gasteiger partial charge in [-0.3, -0.25) is 4.79 Å². The zero-order valence-electron chi connectivity index (χ0n) is 11.2. The van der Waals surface area contributed by atoms with Crippen LogP contribution in [-0.2, 0) is 17.8 Å². The van der Waals surface area contributed by atoms with Crippen molar-refractivity contribution in [3.8, 4) is 0 Å². The summed E-state index contributed by atoms with van der Waals surface area (Å²) in [5, 5.41) is 6.75. The van der Waals surface area contributed by atoms with Gasteiger partial charge in [-0.2, -0.15) is 0 Å². The Balaban J connectivity index is 1.70. The summed E-state index contributed by atoms with van der Waals surface area (Å²) in [7, 11) is 0. The normalized spacial score (nSPS) is 17.1. The van der Waals surface area contributed by atoms with E-state index in [1.54, 1.807) is 6.07 Å². The van der Waals surface area contributed by atoms with Crippen LogP contribution >= 0.6 is 27.5 Å². The number of fused-ring (bicyclic) bond motifs is 1. The van der Waals surface area contributed by atoms with Crippen LogP contribution in [0.25, 0.3) is 0 Å². The molecule has 0 fully saturated rings. The fraction of sp³-hybridized carbons (Fsp3) is 0.188. The molecule has 0 bridgehead atoms. The van der Waals surface area contributed by atoms with Crippen LogP contribution in [-0.4, -0.2) is 11.9 Å². The summed E-state index contributed by atoms with van der Waals surface area (Å²) in [6.45, 7) is 0.718. The number of anilines is 1. The predicted octanol–water partition coefficient (Wildman–Crippen LogP) is 3.76.